The number of amides is 2. The zero-order valence-corrected chi connectivity index (χ0v) is 15.1. The Morgan fingerprint density at radius 1 is 1.36 bits per heavy atom. The van der Waals surface area contributed by atoms with Crippen molar-refractivity contribution in [2.45, 2.75) is 50.3 Å². The molecule has 2 saturated heterocycles. The average Bonchev–Trinajstić information content (AvgIpc) is 2.93. The number of nitrogens with zero attached hydrogens (tertiary/aromatic N) is 1. The molecule has 0 aromatic heterocycles. The van der Waals surface area contributed by atoms with Gasteiger partial charge in [-0.3, -0.25) is 0 Å². The van der Waals surface area contributed by atoms with Gasteiger partial charge in [0.05, 0.1) is 5.75 Å². The fraction of sp³-hybridized carbons (Fsp3) is 0.929. The Hall–Kier alpha value is -0.470. The van der Waals surface area contributed by atoms with E-state index in [9.17, 15) is 13.2 Å². The summed E-state index contributed by atoms with van der Waals surface area (Å²) in [5.74, 6) is 1.31. The van der Waals surface area contributed by atoms with Gasteiger partial charge in [0.2, 0.25) is 10.0 Å². The predicted molar refractivity (Wildman–Crippen MR) is 90.7 cm³/mol. The summed E-state index contributed by atoms with van der Waals surface area (Å²) < 4.78 is 25.3. The van der Waals surface area contributed by atoms with E-state index >= 15 is 0 Å². The van der Waals surface area contributed by atoms with Gasteiger partial charge in [-0.25, -0.2) is 17.5 Å². The number of hydrogen-bond acceptors (Lipinski definition) is 4. The van der Waals surface area contributed by atoms with Gasteiger partial charge in [-0.1, -0.05) is 0 Å². The van der Waals surface area contributed by atoms with Crippen LogP contribution in [0.1, 0.15) is 39.5 Å². The van der Waals surface area contributed by atoms with Gasteiger partial charge in [-0.15, -0.1) is 0 Å². The van der Waals surface area contributed by atoms with Crippen molar-refractivity contribution in [1.82, 2.24) is 14.9 Å². The first kappa shape index (κ1) is 17.9. The van der Waals surface area contributed by atoms with E-state index in [1.165, 1.54) is 16.5 Å². The van der Waals surface area contributed by atoms with E-state index in [1.54, 1.807) is 6.92 Å². The first-order chi connectivity index (χ1) is 10.3. The highest BCUT2D eigenvalue weighted by Gasteiger charge is 2.31. The first-order valence-corrected chi connectivity index (χ1v) is 10.6. The predicted octanol–water partition coefficient (Wildman–Crippen LogP) is 1.39. The summed E-state index contributed by atoms with van der Waals surface area (Å²) in [5.41, 5.74) is 0. The number of nitrogens with one attached hydrogen (secondary N) is 2. The SMILES string of the molecule is CCS(=O)(=O)N1CCC(NC(=O)NCC2(C)CCCS2)CC1. The molecule has 0 radical (unpaired) electrons. The fourth-order valence-corrected chi connectivity index (χ4v) is 5.32. The van der Waals surface area contributed by atoms with Crippen LogP contribution in [-0.4, -0.2) is 60.7 Å². The van der Waals surface area contributed by atoms with Crippen molar-refractivity contribution < 1.29 is 13.2 Å². The summed E-state index contributed by atoms with van der Waals surface area (Å²) in [7, 11) is -3.10. The van der Waals surface area contributed by atoms with Crippen LogP contribution < -0.4 is 10.6 Å². The third kappa shape index (κ3) is 4.76. The smallest absolute Gasteiger partial charge is 0.315 e. The number of hydrogen-bond donors (Lipinski definition) is 2. The van der Waals surface area contributed by atoms with E-state index < -0.39 is 10.0 Å². The monoisotopic (exact) mass is 349 g/mol. The van der Waals surface area contributed by atoms with Crippen LogP contribution in [0.4, 0.5) is 4.79 Å². The second-order valence-electron chi connectivity index (χ2n) is 6.30. The summed E-state index contributed by atoms with van der Waals surface area (Å²) >= 11 is 1.92. The second kappa shape index (κ2) is 7.40. The van der Waals surface area contributed by atoms with Crippen molar-refractivity contribution >= 4 is 27.8 Å². The van der Waals surface area contributed by atoms with Gasteiger partial charge in [0.1, 0.15) is 0 Å². The normalized spacial score (nSPS) is 27.7. The summed E-state index contributed by atoms with van der Waals surface area (Å²) in [6, 6.07) is -0.0714. The molecule has 22 heavy (non-hydrogen) atoms. The molecule has 0 bridgehead atoms. The van der Waals surface area contributed by atoms with E-state index in [2.05, 4.69) is 17.6 Å². The molecular formula is C14H27N3O3S2. The van der Waals surface area contributed by atoms with Crippen LogP contribution in [0.3, 0.4) is 0 Å². The molecule has 0 aromatic rings. The first-order valence-electron chi connectivity index (χ1n) is 8.01. The van der Waals surface area contributed by atoms with Gasteiger partial charge in [0.25, 0.3) is 0 Å². The van der Waals surface area contributed by atoms with Gasteiger partial charge in [0, 0.05) is 30.4 Å². The van der Waals surface area contributed by atoms with Crippen LogP contribution in [0, 0.1) is 0 Å². The van der Waals surface area contributed by atoms with Gasteiger partial charge in [-0.2, -0.15) is 11.8 Å². The Morgan fingerprint density at radius 2 is 2.05 bits per heavy atom. The number of carbonyl (C=O) groups is 1. The molecule has 1 atom stereocenters. The van der Waals surface area contributed by atoms with Gasteiger partial charge >= 0.3 is 6.03 Å². The molecule has 0 aliphatic carbocycles. The molecule has 0 aromatic carbocycles. The van der Waals surface area contributed by atoms with E-state index in [4.69, 9.17) is 0 Å². The highest BCUT2D eigenvalue weighted by molar-refractivity contribution is 8.00. The molecular weight excluding hydrogens is 322 g/mol. The number of thioether (sulfide) groups is 1. The molecule has 2 rings (SSSR count). The van der Waals surface area contributed by atoms with Gasteiger partial charge < -0.3 is 10.6 Å². The number of carbonyl (C=O) groups excluding carboxylic acids is 1. The molecule has 2 N–H and O–H groups in total. The van der Waals surface area contributed by atoms with Crippen LogP contribution in [0.15, 0.2) is 0 Å². The molecule has 1 unspecified atom stereocenters. The van der Waals surface area contributed by atoms with Crippen molar-refractivity contribution in [3.05, 3.63) is 0 Å². The Labute approximate surface area is 137 Å². The Morgan fingerprint density at radius 3 is 2.59 bits per heavy atom. The maximum atomic E-state index is 12.0. The largest absolute Gasteiger partial charge is 0.337 e. The average molecular weight is 350 g/mol. The van der Waals surface area contributed by atoms with Crippen molar-refractivity contribution in [1.29, 1.82) is 0 Å². The fourth-order valence-electron chi connectivity index (χ4n) is 2.94. The Balaban J connectivity index is 1.70. The molecule has 128 valence electrons. The molecule has 8 heteroatoms. The summed E-state index contributed by atoms with van der Waals surface area (Å²) in [6.45, 7) is 5.53. The van der Waals surface area contributed by atoms with E-state index in [0.29, 0.717) is 32.5 Å². The third-order valence-corrected chi connectivity index (χ3v) is 7.89. The lowest BCUT2D eigenvalue weighted by Gasteiger charge is -2.31. The maximum absolute atomic E-state index is 12.0. The second-order valence-corrected chi connectivity index (χ2v) is 10.2. The van der Waals surface area contributed by atoms with Crippen LogP contribution in [0.5, 0.6) is 0 Å². The van der Waals surface area contributed by atoms with Crippen LogP contribution in [0.2, 0.25) is 0 Å². The third-order valence-electron chi connectivity index (χ3n) is 4.47. The van der Waals surface area contributed by atoms with Crippen molar-refractivity contribution in [2.24, 2.45) is 0 Å². The molecule has 2 aliphatic heterocycles. The van der Waals surface area contributed by atoms with Crippen LogP contribution >= 0.6 is 11.8 Å². The number of sulfonamides is 1. The van der Waals surface area contributed by atoms with E-state index in [0.717, 1.165) is 6.42 Å². The lowest BCUT2D eigenvalue weighted by atomic mass is 10.1. The molecule has 0 saturated carbocycles. The zero-order chi connectivity index (χ0) is 16.2. The van der Waals surface area contributed by atoms with Crippen LogP contribution in [0.25, 0.3) is 0 Å². The molecule has 2 heterocycles. The van der Waals surface area contributed by atoms with Crippen LogP contribution in [-0.2, 0) is 10.0 Å². The quantitative estimate of drug-likeness (QED) is 0.786. The summed E-state index contributed by atoms with van der Waals surface area (Å²) in [4.78, 5) is 12.0. The highest BCUT2D eigenvalue weighted by Crippen LogP contribution is 2.36. The molecule has 2 fully saturated rings. The summed E-state index contributed by atoms with van der Waals surface area (Å²) in [6.07, 6.45) is 3.72. The molecule has 6 nitrogen and oxygen atoms in total. The minimum absolute atomic E-state index is 0.0624. The van der Waals surface area contributed by atoms with Crippen molar-refractivity contribution in [3.63, 3.8) is 0 Å². The van der Waals surface area contributed by atoms with Gasteiger partial charge in [0.15, 0.2) is 0 Å². The number of piperidine rings is 1. The Bertz CT molecular complexity index is 482. The van der Waals surface area contributed by atoms with Crippen molar-refractivity contribution in [2.75, 3.05) is 31.1 Å². The molecule has 2 amide bonds. The number of urea groups is 1. The lowest BCUT2D eigenvalue weighted by Crippen LogP contribution is -2.50. The van der Waals surface area contributed by atoms with Gasteiger partial charge in [-0.05, 0) is 45.3 Å². The summed E-state index contributed by atoms with van der Waals surface area (Å²) in [5, 5.41) is 5.93. The topological polar surface area (TPSA) is 78.5 Å². The maximum Gasteiger partial charge on any atom is 0.315 e. The minimum atomic E-state index is -3.10. The molecule has 0 spiro atoms. The van der Waals surface area contributed by atoms with Crippen molar-refractivity contribution in [3.8, 4) is 0 Å². The lowest BCUT2D eigenvalue weighted by molar-refractivity contribution is 0.226. The van der Waals surface area contributed by atoms with E-state index in [-0.39, 0.29) is 22.6 Å². The minimum Gasteiger partial charge on any atom is -0.337 e. The highest BCUT2D eigenvalue weighted by atomic mass is 32.2. The Kier molecular flexibility index (Phi) is 6.01. The molecule has 2 aliphatic rings. The van der Waals surface area contributed by atoms with E-state index in [1.807, 2.05) is 11.8 Å². The number of rotatable bonds is 5. The zero-order valence-electron chi connectivity index (χ0n) is 13.4. The standard InChI is InChI=1S/C14H27N3O3S2/c1-3-22(19,20)17-8-5-12(6-9-17)16-13(18)15-11-14(2)7-4-10-21-14/h12H,3-11H2,1-2H3,(H2,15,16,18).